The fraction of sp³-hybridized carbons (Fsp3) is 0.462. The summed E-state index contributed by atoms with van der Waals surface area (Å²) in [5, 5.41) is 0. The van der Waals surface area contributed by atoms with E-state index in [1.807, 2.05) is 25.2 Å². The van der Waals surface area contributed by atoms with Crippen molar-refractivity contribution in [1.82, 2.24) is 4.72 Å². The largest absolute Gasteiger partial charge is 0.283 e. The molecule has 2 atom stereocenters. The molecule has 0 aromatic heterocycles. The predicted molar refractivity (Wildman–Crippen MR) is 74.0 cm³/mol. The summed E-state index contributed by atoms with van der Waals surface area (Å²) in [7, 11) is -3.41. The molecule has 0 aromatic carbocycles. The highest BCUT2D eigenvalue weighted by atomic mass is 32.2. The van der Waals surface area contributed by atoms with Gasteiger partial charge in [-0.1, -0.05) is 31.6 Å². The highest BCUT2D eigenvalue weighted by molar-refractivity contribution is 7.93. The molecule has 2 unspecified atom stereocenters. The van der Waals surface area contributed by atoms with Gasteiger partial charge in [-0.05, 0) is 18.6 Å². The molecule has 0 radical (unpaired) electrons. The number of allylic oxidation sites excluding steroid dienone is 3. The van der Waals surface area contributed by atoms with Crippen molar-refractivity contribution in [2.45, 2.75) is 25.8 Å². The number of dihydropyridines is 1. The van der Waals surface area contributed by atoms with Crippen molar-refractivity contribution in [3.05, 3.63) is 35.3 Å². The van der Waals surface area contributed by atoms with Crippen molar-refractivity contribution in [2.75, 3.05) is 6.54 Å². The van der Waals surface area contributed by atoms with Crippen LogP contribution in [0.1, 0.15) is 19.8 Å². The summed E-state index contributed by atoms with van der Waals surface area (Å²) in [4.78, 5) is 4.64. The lowest BCUT2D eigenvalue weighted by atomic mass is 9.93. The molecule has 0 aromatic rings. The standard InChI is InChI=1S/C13H18N2O2S/c1-2-3-10-15-18(16,17)12-8-4-6-11-7-5-9-14-13(11)12/h4-9,11,13,15H,2-3,10H2,1H3. The van der Waals surface area contributed by atoms with Crippen LogP contribution in [0.4, 0.5) is 0 Å². The molecule has 0 saturated carbocycles. The van der Waals surface area contributed by atoms with Gasteiger partial charge >= 0.3 is 0 Å². The number of fused-ring (bicyclic) bond motifs is 1. The Labute approximate surface area is 108 Å². The smallest absolute Gasteiger partial charge is 0.238 e. The van der Waals surface area contributed by atoms with E-state index in [4.69, 9.17) is 0 Å². The summed E-state index contributed by atoms with van der Waals surface area (Å²) in [6, 6.07) is -0.306. The van der Waals surface area contributed by atoms with E-state index < -0.39 is 10.0 Å². The number of unbranched alkanes of at least 4 members (excludes halogenated alkanes) is 1. The van der Waals surface area contributed by atoms with Gasteiger partial charge in [0.15, 0.2) is 0 Å². The molecule has 4 nitrogen and oxygen atoms in total. The van der Waals surface area contributed by atoms with Gasteiger partial charge in [-0.3, -0.25) is 4.99 Å². The molecule has 0 amide bonds. The van der Waals surface area contributed by atoms with Gasteiger partial charge in [-0.2, -0.15) is 0 Å². The first-order chi connectivity index (χ1) is 8.65. The van der Waals surface area contributed by atoms with Gasteiger partial charge in [0.1, 0.15) is 0 Å². The minimum absolute atomic E-state index is 0.0535. The fourth-order valence-electron chi connectivity index (χ4n) is 2.05. The number of rotatable bonds is 5. The average molecular weight is 266 g/mol. The number of hydrogen-bond acceptors (Lipinski definition) is 3. The number of sulfonamides is 1. The molecule has 2 aliphatic rings. The first-order valence-electron chi connectivity index (χ1n) is 6.23. The topological polar surface area (TPSA) is 58.5 Å². The van der Waals surface area contributed by atoms with E-state index in [2.05, 4.69) is 9.71 Å². The maximum absolute atomic E-state index is 12.2. The molecule has 98 valence electrons. The van der Waals surface area contributed by atoms with E-state index in [9.17, 15) is 8.42 Å². The maximum atomic E-state index is 12.2. The zero-order chi connectivity index (χ0) is 13.0. The van der Waals surface area contributed by atoms with Crippen molar-refractivity contribution in [3.63, 3.8) is 0 Å². The Kier molecular flexibility index (Phi) is 4.14. The highest BCUT2D eigenvalue weighted by Gasteiger charge is 2.31. The highest BCUT2D eigenvalue weighted by Crippen LogP contribution is 2.28. The molecule has 1 aliphatic heterocycles. The summed E-state index contributed by atoms with van der Waals surface area (Å²) in [5.74, 6) is 0.0535. The van der Waals surface area contributed by atoms with Crippen LogP contribution in [-0.2, 0) is 10.0 Å². The van der Waals surface area contributed by atoms with Crippen LogP contribution in [-0.4, -0.2) is 27.2 Å². The molecule has 0 saturated heterocycles. The zero-order valence-electron chi connectivity index (χ0n) is 10.4. The lowest BCUT2D eigenvalue weighted by Gasteiger charge is -2.25. The van der Waals surface area contributed by atoms with Crippen molar-refractivity contribution < 1.29 is 8.42 Å². The van der Waals surface area contributed by atoms with Crippen LogP contribution in [0.15, 0.2) is 40.3 Å². The summed E-state index contributed by atoms with van der Waals surface area (Å²) in [5.41, 5.74) is 0. The molecule has 0 bridgehead atoms. The number of hydrogen-bond donors (Lipinski definition) is 1. The number of nitrogens with zero attached hydrogens (tertiary/aromatic N) is 1. The normalized spacial score (nSPS) is 25.9. The van der Waals surface area contributed by atoms with Gasteiger partial charge in [0.2, 0.25) is 10.0 Å². The minimum atomic E-state index is -3.41. The van der Waals surface area contributed by atoms with Crippen LogP contribution in [0.5, 0.6) is 0 Å². The van der Waals surface area contributed by atoms with E-state index in [0.29, 0.717) is 11.4 Å². The summed E-state index contributed by atoms with van der Waals surface area (Å²) < 4.78 is 27.0. The second-order valence-electron chi connectivity index (χ2n) is 4.41. The molecular formula is C13H18N2O2S. The van der Waals surface area contributed by atoms with Crippen LogP contribution < -0.4 is 4.72 Å². The van der Waals surface area contributed by atoms with Gasteiger partial charge < -0.3 is 0 Å². The molecule has 1 aliphatic carbocycles. The quantitative estimate of drug-likeness (QED) is 0.771. The number of nitrogens with one attached hydrogen (secondary N) is 1. The lowest BCUT2D eigenvalue weighted by Crippen LogP contribution is -2.34. The third-order valence-corrected chi connectivity index (χ3v) is 4.63. The molecule has 0 spiro atoms. The Bertz CT molecular complexity index is 515. The summed E-state index contributed by atoms with van der Waals surface area (Å²) in [6.45, 7) is 2.51. The zero-order valence-corrected chi connectivity index (χ0v) is 11.2. The molecular weight excluding hydrogens is 248 g/mol. The van der Waals surface area contributed by atoms with E-state index in [0.717, 1.165) is 12.8 Å². The Morgan fingerprint density at radius 2 is 2.11 bits per heavy atom. The first-order valence-corrected chi connectivity index (χ1v) is 7.71. The maximum Gasteiger partial charge on any atom is 0.238 e. The van der Waals surface area contributed by atoms with Gasteiger partial charge in [-0.15, -0.1) is 0 Å². The van der Waals surface area contributed by atoms with Gasteiger partial charge in [0.05, 0.1) is 10.9 Å². The summed E-state index contributed by atoms with van der Waals surface area (Å²) in [6.07, 6.45) is 12.7. The second-order valence-corrected chi connectivity index (χ2v) is 6.18. The van der Waals surface area contributed by atoms with E-state index in [-0.39, 0.29) is 12.0 Å². The van der Waals surface area contributed by atoms with Crippen LogP contribution >= 0.6 is 0 Å². The minimum Gasteiger partial charge on any atom is -0.283 e. The van der Waals surface area contributed by atoms with Crippen LogP contribution in [0.25, 0.3) is 0 Å². The Hall–Kier alpha value is -1.20. The van der Waals surface area contributed by atoms with Crippen LogP contribution in [0, 0.1) is 5.92 Å². The van der Waals surface area contributed by atoms with Crippen molar-refractivity contribution >= 4 is 16.2 Å². The molecule has 1 N–H and O–H groups in total. The van der Waals surface area contributed by atoms with E-state index in [1.165, 1.54) is 0 Å². The number of aliphatic imine (C=N–C) groups is 1. The SMILES string of the molecule is CCCCNS(=O)(=O)C1=CC=CC2C=CC=NC12. The Balaban J connectivity index is 2.16. The van der Waals surface area contributed by atoms with Crippen molar-refractivity contribution in [1.29, 1.82) is 0 Å². The van der Waals surface area contributed by atoms with E-state index >= 15 is 0 Å². The van der Waals surface area contributed by atoms with Crippen molar-refractivity contribution in [3.8, 4) is 0 Å². The lowest BCUT2D eigenvalue weighted by molar-refractivity contribution is 0.572. The van der Waals surface area contributed by atoms with E-state index in [1.54, 1.807) is 18.4 Å². The predicted octanol–water partition coefficient (Wildman–Crippen LogP) is 1.79. The molecule has 2 rings (SSSR count). The third kappa shape index (κ3) is 2.79. The van der Waals surface area contributed by atoms with Crippen molar-refractivity contribution in [2.24, 2.45) is 10.9 Å². The monoisotopic (exact) mass is 266 g/mol. The fourth-order valence-corrected chi connectivity index (χ4v) is 3.42. The Morgan fingerprint density at radius 1 is 1.33 bits per heavy atom. The summed E-state index contributed by atoms with van der Waals surface area (Å²) >= 11 is 0. The van der Waals surface area contributed by atoms with Crippen LogP contribution in [0.2, 0.25) is 0 Å². The van der Waals surface area contributed by atoms with Gasteiger partial charge in [-0.25, -0.2) is 13.1 Å². The van der Waals surface area contributed by atoms with Crippen LogP contribution in [0.3, 0.4) is 0 Å². The Morgan fingerprint density at radius 3 is 2.89 bits per heavy atom. The molecule has 18 heavy (non-hydrogen) atoms. The molecule has 1 heterocycles. The van der Waals surface area contributed by atoms with Gasteiger partial charge in [0, 0.05) is 18.7 Å². The molecule has 5 heteroatoms. The van der Waals surface area contributed by atoms with Gasteiger partial charge in [0.25, 0.3) is 0 Å². The first kappa shape index (κ1) is 13.2. The average Bonchev–Trinajstić information content (AvgIpc) is 2.38. The second kappa shape index (κ2) is 5.63. The molecule has 0 fully saturated rings. The third-order valence-electron chi connectivity index (χ3n) is 3.05.